The Morgan fingerprint density at radius 1 is 1.14 bits per heavy atom. The van der Waals surface area contributed by atoms with Crippen LogP contribution < -0.4 is 10.6 Å². The van der Waals surface area contributed by atoms with Crippen LogP contribution in [0.5, 0.6) is 0 Å². The number of likely N-dealkylation sites (N-methyl/N-ethyl adjacent to an activating group) is 1. The van der Waals surface area contributed by atoms with Crippen LogP contribution in [0.25, 0.3) is 0 Å². The van der Waals surface area contributed by atoms with Crippen molar-refractivity contribution in [3.05, 3.63) is 64.4 Å². The zero-order valence-electron chi connectivity index (χ0n) is 16.4. The van der Waals surface area contributed by atoms with Crippen LogP contribution in [0.3, 0.4) is 0 Å². The Labute approximate surface area is 175 Å². The largest absolute Gasteiger partial charge is 0.349 e. The molecule has 1 saturated carbocycles. The summed E-state index contributed by atoms with van der Waals surface area (Å²) in [6.45, 7) is 0.228. The molecule has 0 spiro atoms. The Kier molecular flexibility index (Phi) is 7.23. The van der Waals surface area contributed by atoms with Gasteiger partial charge >= 0.3 is 0 Å². The summed E-state index contributed by atoms with van der Waals surface area (Å²) in [5.41, 5.74) is 1.25. The first-order valence-corrected chi connectivity index (χ1v) is 10.1. The molecule has 0 heterocycles. The number of nitrogens with one attached hydrogen (secondary N) is 2. The molecule has 0 bridgehead atoms. The van der Waals surface area contributed by atoms with Gasteiger partial charge in [0.25, 0.3) is 5.91 Å². The maximum absolute atomic E-state index is 13.9. The molecule has 0 unspecified atom stereocenters. The van der Waals surface area contributed by atoms with Gasteiger partial charge in [0.2, 0.25) is 5.91 Å². The van der Waals surface area contributed by atoms with Crippen LogP contribution >= 0.6 is 11.6 Å². The van der Waals surface area contributed by atoms with Crippen molar-refractivity contribution in [2.24, 2.45) is 0 Å². The van der Waals surface area contributed by atoms with Crippen LogP contribution in [0, 0.1) is 5.82 Å². The molecule has 29 heavy (non-hydrogen) atoms. The first kappa shape index (κ1) is 21.3. The van der Waals surface area contributed by atoms with Crippen LogP contribution in [0.15, 0.2) is 42.5 Å². The molecule has 154 valence electrons. The molecule has 3 rings (SSSR count). The van der Waals surface area contributed by atoms with Gasteiger partial charge in [-0.3, -0.25) is 14.5 Å². The van der Waals surface area contributed by atoms with Gasteiger partial charge < -0.3 is 10.6 Å². The average molecular weight is 418 g/mol. The molecule has 7 heteroatoms. The van der Waals surface area contributed by atoms with Crippen molar-refractivity contribution >= 4 is 29.1 Å². The van der Waals surface area contributed by atoms with Crippen molar-refractivity contribution in [1.29, 1.82) is 0 Å². The molecule has 1 aliphatic rings. The summed E-state index contributed by atoms with van der Waals surface area (Å²) in [5.74, 6) is -0.876. The molecule has 0 aromatic heterocycles. The molecule has 0 atom stereocenters. The molecule has 1 fully saturated rings. The number of benzene rings is 2. The molecular weight excluding hydrogens is 393 g/mol. The molecule has 0 saturated heterocycles. The van der Waals surface area contributed by atoms with Crippen molar-refractivity contribution in [3.8, 4) is 0 Å². The Morgan fingerprint density at radius 3 is 2.59 bits per heavy atom. The smallest absolute Gasteiger partial charge is 0.253 e. The van der Waals surface area contributed by atoms with E-state index in [1.807, 2.05) is 0 Å². The lowest BCUT2D eigenvalue weighted by atomic mass is 10.1. The fraction of sp³-hybridized carbons (Fsp3) is 0.364. The van der Waals surface area contributed by atoms with E-state index in [9.17, 15) is 14.0 Å². The van der Waals surface area contributed by atoms with E-state index < -0.39 is 5.82 Å². The van der Waals surface area contributed by atoms with E-state index in [1.165, 1.54) is 6.07 Å². The maximum atomic E-state index is 13.9. The topological polar surface area (TPSA) is 61.4 Å². The maximum Gasteiger partial charge on any atom is 0.253 e. The van der Waals surface area contributed by atoms with Crippen LogP contribution in [0.4, 0.5) is 10.1 Å². The molecule has 2 amide bonds. The SMILES string of the molecule is CN(CC(=O)Nc1ccccc1C(=O)NC1CCCC1)Cc1c(F)cccc1Cl. The number of hydrogen-bond donors (Lipinski definition) is 2. The third-order valence-corrected chi connectivity index (χ3v) is 5.39. The van der Waals surface area contributed by atoms with Crippen molar-refractivity contribution in [2.45, 2.75) is 38.3 Å². The first-order chi connectivity index (χ1) is 13.9. The number of hydrogen-bond acceptors (Lipinski definition) is 3. The summed E-state index contributed by atoms with van der Waals surface area (Å²) in [7, 11) is 1.71. The lowest BCUT2D eigenvalue weighted by Crippen LogP contribution is -2.34. The highest BCUT2D eigenvalue weighted by Gasteiger charge is 2.20. The Hall–Kier alpha value is -2.44. The van der Waals surface area contributed by atoms with E-state index in [0.29, 0.717) is 21.8 Å². The van der Waals surface area contributed by atoms with E-state index in [0.717, 1.165) is 25.7 Å². The lowest BCUT2D eigenvalue weighted by Gasteiger charge is -2.19. The number of amides is 2. The van der Waals surface area contributed by atoms with Gasteiger partial charge in [-0.1, -0.05) is 42.6 Å². The van der Waals surface area contributed by atoms with Gasteiger partial charge in [0.05, 0.1) is 17.8 Å². The molecule has 0 aliphatic heterocycles. The summed E-state index contributed by atoms with van der Waals surface area (Å²) in [6, 6.07) is 11.6. The summed E-state index contributed by atoms with van der Waals surface area (Å²) >= 11 is 6.05. The highest BCUT2D eigenvalue weighted by molar-refractivity contribution is 6.31. The summed E-state index contributed by atoms with van der Waals surface area (Å²) in [4.78, 5) is 26.8. The van der Waals surface area contributed by atoms with E-state index in [1.54, 1.807) is 48.3 Å². The monoisotopic (exact) mass is 417 g/mol. The normalized spacial score (nSPS) is 14.2. The van der Waals surface area contributed by atoms with Gasteiger partial charge in [-0.2, -0.15) is 0 Å². The number of anilines is 1. The second-order valence-corrected chi connectivity index (χ2v) is 7.83. The number of nitrogens with zero attached hydrogens (tertiary/aromatic N) is 1. The van der Waals surface area contributed by atoms with Gasteiger partial charge in [0, 0.05) is 23.2 Å². The third-order valence-electron chi connectivity index (χ3n) is 5.04. The summed E-state index contributed by atoms with van der Waals surface area (Å²) < 4.78 is 13.9. The second-order valence-electron chi connectivity index (χ2n) is 7.42. The molecular formula is C22H25ClFN3O2. The number of carbonyl (C=O) groups is 2. The Morgan fingerprint density at radius 2 is 1.86 bits per heavy atom. The molecule has 2 aromatic carbocycles. The highest BCUT2D eigenvalue weighted by Crippen LogP contribution is 2.22. The zero-order chi connectivity index (χ0) is 20.8. The van der Waals surface area contributed by atoms with Gasteiger partial charge in [-0.15, -0.1) is 0 Å². The minimum absolute atomic E-state index is 0.0310. The van der Waals surface area contributed by atoms with E-state index >= 15 is 0 Å². The molecule has 1 aliphatic carbocycles. The third kappa shape index (κ3) is 5.78. The highest BCUT2D eigenvalue weighted by atomic mass is 35.5. The number of carbonyl (C=O) groups excluding carboxylic acids is 2. The lowest BCUT2D eigenvalue weighted by molar-refractivity contribution is -0.117. The molecule has 0 radical (unpaired) electrons. The van der Waals surface area contributed by atoms with Crippen LogP contribution in [0.1, 0.15) is 41.6 Å². The van der Waals surface area contributed by atoms with Crippen LogP contribution in [-0.2, 0) is 11.3 Å². The van der Waals surface area contributed by atoms with Gasteiger partial charge in [-0.05, 0) is 44.2 Å². The second kappa shape index (κ2) is 9.85. The first-order valence-electron chi connectivity index (χ1n) is 9.75. The van der Waals surface area contributed by atoms with E-state index in [2.05, 4.69) is 10.6 Å². The van der Waals surface area contributed by atoms with Gasteiger partial charge in [0.15, 0.2) is 0 Å². The number of halogens is 2. The number of rotatable bonds is 7. The van der Waals surface area contributed by atoms with E-state index in [-0.39, 0.29) is 30.9 Å². The van der Waals surface area contributed by atoms with Crippen LogP contribution in [-0.4, -0.2) is 36.3 Å². The summed E-state index contributed by atoms with van der Waals surface area (Å²) in [5, 5.41) is 6.16. The molecule has 2 aromatic rings. The predicted molar refractivity (Wildman–Crippen MR) is 113 cm³/mol. The molecule has 2 N–H and O–H groups in total. The van der Waals surface area contributed by atoms with Crippen molar-refractivity contribution in [1.82, 2.24) is 10.2 Å². The average Bonchev–Trinajstić information content (AvgIpc) is 3.18. The van der Waals surface area contributed by atoms with Crippen molar-refractivity contribution < 1.29 is 14.0 Å². The number of para-hydroxylation sites is 1. The summed E-state index contributed by atoms with van der Waals surface area (Å²) in [6.07, 6.45) is 4.23. The fourth-order valence-corrected chi connectivity index (χ4v) is 3.79. The van der Waals surface area contributed by atoms with E-state index in [4.69, 9.17) is 11.6 Å². The van der Waals surface area contributed by atoms with Crippen LogP contribution in [0.2, 0.25) is 5.02 Å². The van der Waals surface area contributed by atoms with Crippen molar-refractivity contribution in [2.75, 3.05) is 18.9 Å². The minimum Gasteiger partial charge on any atom is -0.349 e. The predicted octanol–water partition coefficient (Wildman–Crippen LogP) is 4.22. The molecule has 5 nitrogen and oxygen atoms in total. The standard InChI is InChI=1S/C22H25ClFN3O2/c1-27(13-17-18(23)10-6-11-19(17)24)14-21(28)26-20-12-5-4-9-16(20)22(29)25-15-7-2-3-8-15/h4-6,9-12,15H,2-3,7-8,13-14H2,1H3,(H,25,29)(H,26,28). The zero-order valence-corrected chi connectivity index (χ0v) is 17.1. The van der Waals surface area contributed by atoms with Crippen molar-refractivity contribution in [3.63, 3.8) is 0 Å². The van der Waals surface area contributed by atoms with Gasteiger partial charge in [0.1, 0.15) is 5.82 Å². The fourth-order valence-electron chi connectivity index (χ4n) is 3.57. The Bertz CT molecular complexity index is 864. The van der Waals surface area contributed by atoms with Gasteiger partial charge in [-0.25, -0.2) is 4.39 Å². The minimum atomic E-state index is -0.404. The Balaban J connectivity index is 1.61. The quantitative estimate of drug-likeness (QED) is 0.709.